The summed E-state index contributed by atoms with van der Waals surface area (Å²) in [5, 5.41) is 27.0. The third-order valence-electron chi connectivity index (χ3n) is 2.90. The molecule has 0 unspecified atom stereocenters. The number of aliphatic hydroxyl groups is 1. The summed E-state index contributed by atoms with van der Waals surface area (Å²) in [6.45, 7) is 2.04. The van der Waals surface area contributed by atoms with E-state index in [1.807, 2.05) is 12.1 Å². The summed E-state index contributed by atoms with van der Waals surface area (Å²) in [7, 11) is -1.43. The van der Waals surface area contributed by atoms with Crippen molar-refractivity contribution in [1.29, 1.82) is 0 Å². The Labute approximate surface area is 100 Å². The number of benzene rings is 1. The average molecular weight is 237 g/mol. The van der Waals surface area contributed by atoms with Gasteiger partial charge in [0.1, 0.15) is 0 Å². The van der Waals surface area contributed by atoms with Crippen LogP contribution in [0.2, 0.25) is 0 Å². The molecule has 1 atom stereocenters. The normalized spacial score (nSPS) is 20.4. The highest BCUT2D eigenvalue weighted by atomic mass is 16.5. The van der Waals surface area contributed by atoms with Gasteiger partial charge in [-0.05, 0) is 17.6 Å². The van der Waals surface area contributed by atoms with Gasteiger partial charge in [-0.25, -0.2) is 0 Å². The number of anilines is 1. The summed E-state index contributed by atoms with van der Waals surface area (Å²) >= 11 is 0. The van der Waals surface area contributed by atoms with Crippen molar-refractivity contribution < 1.29 is 19.9 Å². The number of nitrogens with zero attached hydrogens (tertiary/aromatic N) is 1. The van der Waals surface area contributed by atoms with Crippen LogP contribution in [0.5, 0.6) is 0 Å². The Hall–Kier alpha value is -1.08. The van der Waals surface area contributed by atoms with Gasteiger partial charge >= 0.3 is 7.12 Å². The molecule has 1 aromatic carbocycles. The minimum atomic E-state index is -1.43. The van der Waals surface area contributed by atoms with E-state index < -0.39 is 7.12 Å². The Bertz CT molecular complexity index is 357. The molecule has 0 aliphatic carbocycles. The van der Waals surface area contributed by atoms with E-state index in [0.717, 1.165) is 12.2 Å². The average Bonchev–Trinajstić information content (AvgIpc) is 2.39. The first-order valence-electron chi connectivity index (χ1n) is 5.64. The maximum Gasteiger partial charge on any atom is 0.488 e. The van der Waals surface area contributed by atoms with Gasteiger partial charge in [-0.15, -0.1) is 0 Å². The molecule has 1 aliphatic rings. The van der Waals surface area contributed by atoms with Gasteiger partial charge in [0.2, 0.25) is 0 Å². The number of morpholine rings is 1. The molecule has 0 amide bonds. The number of aliphatic hydroxyl groups excluding tert-OH is 1. The molecule has 0 aromatic heterocycles. The van der Waals surface area contributed by atoms with Crippen molar-refractivity contribution >= 4 is 18.3 Å². The van der Waals surface area contributed by atoms with Crippen LogP contribution in [-0.2, 0) is 4.74 Å². The van der Waals surface area contributed by atoms with Crippen LogP contribution in [-0.4, -0.2) is 54.7 Å². The molecule has 0 bridgehead atoms. The predicted molar refractivity (Wildman–Crippen MR) is 65.3 cm³/mol. The van der Waals surface area contributed by atoms with Crippen molar-refractivity contribution in [2.75, 3.05) is 31.2 Å². The van der Waals surface area contributed by atoms with Gasteiger partial charge in [0.15, 0.2) is 0 Å². The van der Waals surface area contributed by atoms with Crippen LogP contribution in [0, 0.1) is 0 Å². The highest BCUT2D eigenvalue weighted by Gasteiger charge is 2.20. The van der Waals surface area contributed by atoms with E-state index in [4.69, 9.17) is 19.9 Å². The lowest BCUT2D eigenvalue weighted by atomic mass is 9.80. The molecule has 1 heterocycles. The Morgan fingerprint density at radius 2 is 2.00 bits per heavy atom. The standard InChI is InChI=1S/C11H16BNO4/c14-8-11-7-13(5-6-17-11)10-3-1-9(2-4-10)12(15)16/h1-4,11,14-16H,5-8H2/t11-/m1/s1. The van der Waals surface area contributed by atoms with Crippen LogP contribution < -0.4 is 10.4 Å². The first kappa shape index (κ1) is 12.4. The second-order valence-electron chi connectivity index (χ2n) is 4.09. The molecule has 0 saturated carbocycles. The van der Waals surface area contributed by atoms with Gasteiger partial charge in [-0.2, -0.15) is 0 Å². The Morgan fingerprint density at radius 3 is 2.59 bits per heavy atom. The van der Waals surface area contributed by atoms with Crippen molar-refractivity contribution in [2.45, 2.75) is 6.10 Å². The molecule has 1 aliphatic heterocycles. The molecule has 6 heteroatoms. The molecule has 3 N–H and O–H groups in total. The molecular formula is C11H16BNO4. The number of hydrogen-bond acceptors (Lipinski definition) is 5. The number of rotatable bonds is 3. The van der Waals surface area contributed by atoms with Crippen molar-refractivity contribution in [2.24, 2.45) is 0 Å². The lowest BCUT2D eigenvalue weighted by Crippen LogP contribution is -2.44. The van der Waals surface area contributed by atoms with Crippen molar-refractivity contribution in [3.63, 3.8) is 0 Å². The Kier molecular flexibility index (Phi) is 4.01. The van der Waals surface area contributed by atoms with E-state index in [2.05, 4.69) is 4.90 Å². The number of hydrogen-bond donors (Lipinski definition) is 3. The van der Waals surface area contributed by atoms with Crippen LogP contribution in [0.25, 0.3) is 0 Å². The van der Waals surface area contributed by atoms with Gasteiger partial charge < -0.3 is 24.8 Å². The summed E-state index contributed by atoms with van der Waals surface area (Å²) in [5.74, 6) is 0. The van der Waals surface area contributed by atoms with Crippen LogP contribution in [0.15, 0.2) is 24.3 Å². The van der Waals surface area contributed by atoms with E-state index in [-0.39, 0.29) is 12.7 Å². The summed E-state index contributed by atoms with van der Waals surface area (Å²) in [6, 6.07) is 7.05. The van der Waals surface area contributed by atoms with Gasteiger partial charge in [0, 0.05) is 18.8 Å². The Morgan fingerprint density at radius 1 is 1.29 bits per heavy atom. The minimum Gasteiger partial charge on any atom is -0.423 e. The molecule has 92 valence electrons. The third-order valence-corrected chi connectivity index (χ3v) is 2.90. The summed E-state index contributed by atoms with van der Waals surface area (Å²) in [4.78, 5) is 2.11. The monoisotopic (exact) mass is 237 g/mol. The molecule has 5 nitrogen and oxygen atoms in total. The molecule has 0 spiro atoms. The van der Waals surface area contributed by atoms with E-state index in [0.29, 0.717) is 18.6 Å². The quantitative estimate of drug-likeness (QED) is 0.562. The van der Waals surface area contributed by atoms with Crippen molar-refractivity contribution in [3.8, 4) is 0 Å². The Balaban J connectivity index is 2.06. The van der Waals surface area contributed by atoms with Crippen LogP contribution in [0.1, 0.15) is 0 Å². The van der Waals surface area contributed by atoms with E-state index in [1.54, 1.807) is 12.1 Å². The second-order valence-corrected chi connectivity index (χ2v) is 4.09. The smallest absolute Gasteiger partial charge is 0.423 e. The molecule has 2 rings (SSSR count). The topological polar surface area (TPSA) is 73.2 Å². The highest BCUT2D eigenvalue weighted by molar-refractivity contribution is 6.58. The van der Waals surface area contributed by atoms with Crippen LogP contribution >= 0.6 is 0 Å². The summed E-state index contributed by atoms with van der Waals surface area (Å²) in [6.07, 6.45) is -0.146. The maximum atomic E-state index is 9.05. The van der Waals surface area contributed by atoms with Crippen LogP contribution in [0.4, 0.5) is 5.69 Å². The van der Waals surface area contributed by atoms with Crippen molar-refractivity contribution in [1.82, 2.24) is 0 Å². The summed E-state index contributed by atoms with van der Waals surface area (Å²) in [5.41, 5.74) is 1.47. The van der Waals surface area contributed by atoms with E-state index in [9.17, 15) is 0 Å². The maximum absolute atomic E-state index is 9.05. The molecule has 1 aromatic rings. The summed E-state index contributed by atoms with van der Waals surface area (Å²) < 4.78 is 5.37. The van der Waals surface area contributed by atoms with Crippen molar-refractivity contribution in [3.05, 3.63) is 24.3 Å². The lowest BCUT2D eigenvalue weighted by molar-refractivity contribution is 0.00357. The largest absolute Gasteiger partial charge is 0.488 e. The fraction of sp³-hybridized carbons (Fsp3) is 0.455. The van der Waals surface area contributed by atoms with Gasteiger partial charge in [-0.3, -0.25) is 0 Å². The number of ether oxygens (including phenoxy) is 1. The fourth-order valence-corrected chi connectivity index (χ4v) is 1.92. The first-order valence-corrected chi connectivity index (χ1v) is 5.64. The first-order chi connectivity index (χ1) is 8.20. The highest BCUT2D eigenvalue weighted by Crippen LogP contribution is 2.16. The molecule has 17 heavy (non-hydrogen) atoms. The van der Waals surface area contributed by atoms with E-state index in [1.165, 1.54) is 0 Å². The molecule has 1 fully saturated rings. The minimum absolute atomic E-state index is 0.0178. The van der Waals surface area contributed by atoms with E-state index >= 15 is 0 Å². The predicted octanol–water partition coefficient (Wildman–Crippen LogP) is -1.44. The fourth-order valence-electron chi connectivity index (χ4n) is 1.92. The van der Waals surface area contributed by atoms with Gasteiger partial charge in [0.05, 0.1) is 19.3 Å². The second kappa shape index (κ2) is 5.51. The molecule has 0 radical (unpaired) electrons. The zero-order valence-electron chi connectivity index (χ0n) is 9.49. The van der Waals surface area contributed by atoms with Gasteiger partial charge in [-0.1, -0.05) is 12.1 Å². The lowest BCUT2D eigenvalue weighted by Gasteiger charge is -2.33. The SMILES string of the molecule is OC[C@H]1CN(c2ccc(B(O)O)cc2)CCO1. The third kappa shape index (κ3) is 2.98. The van der Waals surface area contributed by atoms with Gasteiger partial charge in [0.25, 0.3) is 0 Å². The van der Waals surface area contributed by atoms with Crippen LogP contribution in [0.3, 0.4) is 0 Å². The molecular weight excluding hydrogens is 221 g/mol. The molecule has 1 saturated heterocycles. The zero-order chi connectivity index (χ0) is 12.3. The zero-order valence-corrected chi connectivity index (χ0v) is 9.49.